The van der Waals surface area contributed by atoms with Crippen LogP contribution in [-0.2, 0) is 17.8 Å². The van der Waals surface area contributed by atoms with Crippen LogP contribution >= 0.6 is 35.6 Å². The van der Waals surface area contributed by atoms with E-state index in [1.807, 2.05) is 30.3 Å². The molecule has 0 atom stereocenters. The third-order valence-electron chi connectivity index (χ3n) is 3.90. The SMILES string of the molecule is CN=C(NCCCOCc1ccc(OC)cc1)NCCc1ccc(Cl)nc1.I. The average molecular weight is 519 g/mol. The van der Waals surface area contributed by atoms with Crippen molar-refractivity contribution in [1.82, 2.24) is 15.6 Å². The minimum Gasteiger partial charge on any atom is -0.497 e. The predicted molar refractivity (Wildman–Crippen MR) is 125 cm³/mol. The fraction of sp³-hybridized carbons (Fsp3) is 0.400. The van der Waals surface area contributed by atoms with E-state index < -0.39 is 0 Å². The lowest BCUT2D eigenvalue weighted by atomic mass is 10.2. The first-order valence-electron chi connectivity index (χ1n) is 8.97. The van der Waals surface area contributed by atoms with Crippen LogP contribution in [0.2, 0.25) is 5.15 Å². The highest BCUT2D eigenvalue weighted by molar-refractivity contribution is 14.0. The van der Waals surface area contributed by atoms with Crippen molar-refractivity contribution >= 4 is 41.5 Å². The Balaban J connectivity index is 0.00000392. The van der Waals surface area contributed by atoms with Crippen molar-refractivity contribution in [2.45, 2.75) is 19.4 Å². The number of hydrogen-bond donors (Lipinski definition) is 2. The van der Waals surface area contributed by atoms with E-state index >= 15 is 0 Å². The number of rotatable bonds is 10. The molecule has 1 heterocycles. The van der Waals surface area contributed by atoms with E-state index in [1.54, 1.807) is 26.4 Å². The number of halogens is 2. The van der Waals surface area contributed by atoms with Gasteiger partial charge in [-0.05, 0) is 42.2 Å². The molecule has 0 bridgehead atoms. The number of aliphatic imine (C=N–C) groups is 1. The van der Waals surface area contributed by atoms with Crippen molar-refractivity contribution in [1.29, 1.82) is 0 Å². The lowest BCUT2D eigenvalue weighted by Gasteiger charge is -2.12. The third-order valence-corrected chi connectivity index (χ3v) is 4.13. The number of nitrogens with zero attached hydrogens (tertiary/aromatic N) is 2. The first-order chi connectivity index (χ1) is 13.2. The number of hydrogen-bond acceptors (Lipinski definition) is 4. The Bertz CT molecular complexity index is 696. The third kappa shape index (κ3) is 9.57. The summed E-state index contributed by atoms with van der Waals surface area (Å²) in [5.74, 6) is 1.64. The molecule has 0 amide bonds. The molecule has 154 valence electrons. The number of pyridine rings is 1. The van der Waals surface area contributed by atoms with Crippen molar-refractivity contribution in [3.63, 3.8) is 0 Å². The van der Waals surface area contributed by atoms with Crippen molar-refractivity contribution < 1.29 is 9.47 Å². The van der Waals surface area contributed by atoms with Crippen molar-refractivity contribution in [2.75, 3.05) is 33.9 Å². The highest BCUT2D eigenvalue weighted by Crippen LogP contribution is 2.11. The van der Waals surface area contributed by atoms with Gasteiger partial charge in [0, 0.05) is 32.9 Å². The number of nitrogens with one attached hydrogen (secondary N) is 2. The minimum atomic E-state index is 0. The molecule has 0 aliphatic heterocycles. The zero-order chi connectivity index (χ0) is 19.3. The van der Waals surface area contributed by atoms with Gasteiger partial charge in [0.2, 0.25) is 0 Å². The van der Waals surface area contributed by atoms with Crippen LogP contribution < -0.4 is 15.4 Å². The molecule has 1 aromatic heterocycles. The second-order valence-corrected chi connectivity index (χ2v) is 6.31. The predicted octanol–water partition coefficient (Wildman–Crippen LogP) is 3.68. The monoisotopic (exact) mass is 518 g/mol. The quantitative estimate of drug-likeness (QED) is 0.165. The summed E-state index contributed by atoms with van der Waals surface area (Å²) in [6, 6.07) is 11.7. The van der Waals surface area contributed by atoms with Gasteiger partial charge in [-0.25, -0.2) is 4.98 Å². The van der Waals surface area contributed by atoms with Gasteiger partial charge in [0.25, 0.3) is 0 Å². The largest absolute Gasteiger partial charge is 0.497 e. The van der Waals surface area contributed by atoms with Crippen LogP contribution in [0.5, 0.6) is 5.75 Å². The molecular formula is C20H28ClIN4O2. The fourth-order valence-corrected chi connectivity index (χ4v) is 2.50. The van der Waals surface area contributed by atoms with Crippen molar-refractivity contribution in [3.8, 4) is 5.75 Å². The van der Waals surface area contributed by atoms with E-state index in [0.717, 1.165) is 48.8 Å². The molecule has 6 nitrogen and oxygen atoms in total. The maximum absolute atomic E-state index is 5.79. The van der Waals surface area contributed by atoms with Crippen LogP contribution in [0, 0.1) is 0 Å². The molecule has 0 saturated carbocycles. The van der Waals surface area contributed by atoms with E-state index in [-0.39, 0.29) is 24.0 Å². The Hall–Kier alpha value is -1.58. The maximum Gasteiger partial charge on any atom is 0.190 e. The Morgan fingerprint density at radius 3 is 2.43 bits per heavy atom. The normalized spacial score (nSPS) is 10.9. The number of methoxy groups -OCH3 is 1. The molecule has 28 heavy (non-hydrogen) atoms. The maximum atomic E-state index is 5.79. The summed E-state index contributed by atoms with van der Waals surface area (Å²) < 4.78 is 10.8. The van der Waals surface area contributed by atoms with Gasteiger partial charge in [-0.2, -0.15) is 0 Å². The first kappa shape index (κ1) is 24.5. The van der Waals surface area contributed by atoms with Crippen molar-refractivity contribution in [3.05, 3.63) is 58.9 Å². The lowest BCUT2D eigenvalue weighted by molar-refractivity contribution is 0.119. The van der Waals surface area contributed by atoms with Gasteiger partial charge in [-0.1, -0.05) is 29.8 Å². The molecule has 0 fully saturated rings. The average Bonchev–Trinajstić information content (AvgIpc) is 2.71. The van der Waals surface area contributed by atoms with Crippen LogP contribution in [0.25, 0.3) is 0 Å². The van der Waals surface area contributed by atoms with E-state index in [0.29, 0.717) is 18.4 Å². The summed E-state index contributed by atoms with van der Waals surface area (Å²) in [7, 11) is 3.43. The van der Waals surface area contributed by atoms with Gasteiger partial charge in [0.1, 0.15) is 10.9 Å². The zero-order valence-corrected chi connectivity index (χ0v) is 19.4. The molecule has 2 aromatic rings. The fourth-order valence-electron chi connectivity index (χ4n) is 2.39. The van der Waals surface area contributed by atoms with E-state index in [1.165, 1.54) is 0 Å². The molecule has 1 aromatic carbocycles. The summed E-state index contributed by atoms with van der Waals surface area (Å²) in [6.45, 7) is 2.86. The molecule has 0 saturated heterocycles. The standard InChI is InChI=1S/C20H27ClN4O2.HI/c1-22-20(24-12-10-16-6-9-19(21)25-14-16)23-11-3-13-27-15-17-4-7-18(26-2)8-5-17;/h4-9,14H,3,10-13,15H2,1-2H3,(H2,22,23,24);1H. The van der Waals surface area contributed by atoms with Crippen LogP contribution in [0.4, 0.5) is 0 Å². The van der Waals surface area contributed by atoms with E-state index in [2.05, 4.69) is 20.6 Å². The summed E-state index contributed by atoms with van der Waals surface area (Å²) in [5.41, 5.74) is 2.27. The molecule has 2 rings (SSSR count). The number of ether oxygens (including phenoxy) is 2. The van der Waals surface area contributed by atoms with Gasteiger partial charge in [-0.15, -0.1) is 24.0 Å². The lowest BCUT2D eigenvalue weighted by Crippen LogP contribution is -2.39. The number of benzene rings is 1. The van der Waals surface area contributed by atoms with Crippen molar-refractivity contribution in [2.24, 2.45) is 4.99 Å². The number of guanidine groups is 1. The molecule has 0 aliphatic carbocycles. The van der Waals surface area contributed by atoms with Gasteiger partial charge < -0.3 is 20.1 Å². The first-order valence-corrected chi connectivity index (χ1v) is 9.34. The zero-order valence-electron chi connectivity index (χ0n) is 16.3. The second kappa shape index (κ2) is 14.4. The summed E-state index contributed by atoms with van der Waals surface area (Å²) in [4.78, 5) is 8.30. The molecular weight excluding hydrogens is 491 g/mol. The smallest absolute Gasteiger partial charge is 0.190 e. The summed E-state index contributed by atoms with van der Waals surface area (Å²) in [5, 5.41) is 7.08. The summed E-state index contributed by atoms with van der Waals surface area (Å²) >= 11 is 5.79. The van der Waals surface area contributed by atoms with Gasteiger partial charge in [0.15, 0.2) is 5.96 Å². The van der Waals surface area contributed by atoms with Gasteiger partial charge >= 0.3 is 0 Å². The molecule has 0 aliphatic rings. The highest BCUT2D eigenvalue weighted by Gasteiger charge is 1.99. The topological polar surface area (TPSA) is 67.8 Å². The number of aromatic nitrogens is 1. The van der Waals surface area contributed by atoms with Gasteiger partial charge in [-0.3, -0.25) is 4.99 Å². The molecule has 0 radical (unpaired) electrons. The van der Waals surface area contributed by atoms with Crippen LogP contribution in [-0.4, -0.2) is 44.8 Å². The molecule has 2 N–H and O–H groups in total. The second-order valence-electron chi connectivity index (χ2n) is 5.92. The van der Waals surface area contributed by atoms with E-state index in [9.17, 15) is 0 Å². The van der Waals surface area contributed by atoms with Crippen LogP contribution in [0.1, 0.15) is 17.5 Å². The molecule has 8 heteroatoms. The Morgan fingerprint density at radius 2 is 1.79 bits per heavy atom. The van der Waals surface area contributed by atoms with Crippen LogP contribution in [0.3, 0.4) is 0 Å². The Kier molecular flexibility index (Phi) is 12.6. The van der Waals surface area contributed by atoms with Gasteiger partial charge in [0.05, 0.1) is 13.7 Å². The highest BCUT2D eigenvalue weighted by atomic mass is 127. The van der Waals surface area contributed by atoms with E-state index in [4.69, 9.17) is 21.1 Å². The Morgan fingerprint density at radius 1 is 1.07 bits per heavy atom. The Labute approximate surface area is 189 Å². The molecule has 0 spiro atoms. The minimum absolute atomic E-state index is 0. The summed E-state index contributed by atoms with van der Waals surface area (Å²) in [6.07, 6.45) is 3.55. The van der Waals surface area contributed by atoms with Crippen LogP contribution in [0.15, 0.2) is 47.6 Å². The molecule has 0 unspecified atom stereocenters.